The molecule has 0 saturated heterocycles. The van der Waals surface area contributed by atoms with Gasteiger partial charge in [-0.3, -0.25) is 4.79 Å². The van der Waals surface area contributed by atoms with Gasteiger partial charge < -0.3 is 4.74 Å². The Bertz CT molecular complexity index is 654. The number of benzene rings is 2. The minimum atomic E-state index is -0.211. The number of ether oxygens (including phenoxy) is 1. The summed E-state index contributed by atoms with van der Waals surface area (Å²) < 4.78 is 18.4. The molecule has 2 aromatic carbocycles. The molecule has 2 nitrogen and oxygen atoms in total. The van der Waals surface area contributed by atoms with Crippen LogP contribution in [0.5, 0.6) is 0 Å². The summed E-state index contributed by atoms with van der Waals surface area (Å²) >= 11 is 0. The van der Waals surface area contributed by atoms with Crippen LogP contribution in [0.4, 0.5) is 4.39 Å². The van der Waals surface area contributed by atoms with Gasteiger partial charge in [0.2, 0.25) is 0 Å². The number of carbonyl (C=O) groups excluding carboxylic acids is 1. The first-order chi connectivity index (χ1) is 10.5. The van der Waals surface area contributed by atoms with Gasteiger partial charge in [-0.2, -0.15) is 0 Å². The molecule has 0 aliphatic heterocycles. The molecular formula is C19H21FO2. The summed E-state index contributed by atoms with van der Waals surface area (Å²) in [5.41, 5.74) is 5.02. The Labute approximate surface area is 130 Å². The first-order valence-electron chi connectivity index (χ1n) is 7.53. The number of aryl methyl sites for hydroxylation is 3. The van der Waals surface area contributed by atoms with Crippen LogP contribution in [0.25, 0.3) is 11.1 Å². The maximum absolute atomic E-state index is 13.4. The summed E-state index contributed by atoms with van der Waals surface area (Å²) in [4.78, 5) is 11.5. The van der Waals surface area contributed by atoms with Crippen LogP contribution < -0.4 is 0 Å². The van der Waals surface area contributed by atoms with Gasteiger partial charge in [0.05, 0.1) is 6.61 Å². The fourth-order valence-electron chi connectivity index (χ4n) is 2.73. The molecule has 0 unspecified atom stereocenters. The molecule has 0 aliphatic carbocycles. The van der Waals surface area contributed by atoms with Crippen molar-refractivity contribution in [2.24, 2.45) is 0 Å². The summed E-state index contributed by atoms with van der Waals surface area (Å²) in [6, 6.07) is 11.1. The van der Waals surface area contributed by atoms with E-state index in [9.17, 15) is 9.18 Å². The van der Waals surface area contributed by atoms with Gasteiger partial charge >= 0.3 is 5.97 Å². The topological polar surface area (TPSA) is 26.3 Å². The van der Waals surface area contributed by atoms with Crippen molar-refractivity contribution in [3.8, 4) is 11.1 Å². The number of esters is 1. The standard InChI is InChI=1S/C19H21FO2/c1-4-22-18(21)9-8-15-6-5-7-16(12-15)19-13(2)10-17(20)11-14(19)3/h5-7,10-12H,4,8-9H2,1-3H3. The van der Waals surface area contributed by atoms with Crippen LogP contribution in [-0.4, -0.2) is 12.6 Å². The van der Waals surface area contributed by atoms with Crippen LogP contribution in [0.1, 0.15) is 30.0 Å². The van der Waals surface area contributed by atoms with Gasteiger partial charge in [0, 0.05) is 6.42 Å². The van der Waals surface area contributed by atoms with Gasteiger partial charge in [-0.25, -0.2) is 4.39 Å². The van der Waals surface area contributed by atoms with E-state index in [1.807, 2.05) is 32.0 Å². The molecule has 116 valence electrons. The molecule has 0 saturated carbocycles. The molecule has 0 heterocycles. The molecule has 0 amide bonds. The highest BCUT2D eigenvalue weighted by molar-refractivity contribution is 5.72. The Balaban J connectivity index is 2.24. The normalized spacial score (nSPS) is 10.5. The van der Waals surface area contributed by atoms with E-state index in [0.717, 1.165) is 27.8 Å². The maximum Gasteiger partial charge on any atom is 0.306 e. The van der Waals surface area contributed by atoms with Crippen molar-refractivity contribution in [1.82, 2.24) is 0 Å². The van der Waals surface area contributed by atoms with Gasteiger partial charge in [0.25, 0.3) is 0 Å². The third-order valence-electron chi connectivity index (χ3n) is 3.64. The zero-order valence-corrected chi connectivity index (χ0v) is 13.3. The van der Waals surface area contributed by atoms with Crippen LogP contribution in [0, 0.1) is 19.7 Å². The fourth-order valence-corrected chi connectivity index (χ4v) is 2.73. The van der Waals surface area contributed by atoms with E-state index in [-0.39, 0.29) is 11.8 Å². The third-order valence-corrected chi connectivity index (χ3v) is 3.64. The second-order valence-electron chi connectivity index (χ2n) is 5.42. The van der Waals surface area contributed by atoms with E-state index in [1.54, 1.807) is 19.1 Å². The average molecular weight is 300 g/mol. The zero-order chi connectivity index (χ0) is 16.1. The molecule has 0 aromatic heterocycles. The number of halogens is 1. The van der Waals surface area contributed by atoms with Crippen molar-refractivity contribution in [1.29, 1.82) is 0 Å². The van der Waals surface area contributed by atoms with Crippen molar-refractivity contribution in [3.05, 3.63) is 58.9 Å². The summed E-state index contributed by atoms with van der Waals surface area (Å²) in [6.45, 7) is 6.04. The van der Waals surface area contributed by atoms with Crippen molar-refractivity contribution in [2.75, 3.05) is 6.61 Å². The van der Waals surface area contributed by atoms with Gasteiger partial charge in [0.15, 0.2) is 0 Å². The van der Waals surface area contributed by atoms with Gasteiger partial charge in [-0.1, -0.05) is 24.3 Å². The Morgan fingerprint density at radius 2 is 1.82 bits per heavy atom. The second kappa shape index (κ2) is 7.21. The Morgan fingerprint density at radius 1 is 1.14 bits per heavy atom. The molecule has 0 fully saturated rings. The molecular weight excluding hydrogens is 279 g/mol. The highest BCUT2D eigenvalue weighted by Gasteiger charge is 2.09. The van der Waals surface area contributed by atoms with Crippen LogP contribution >= 0.6 is 0 Å². The molecule has 0 N–H and O–H groups in total. The summed E-state index contributed by atoms with van der Waals surface area (Å²) in [5, 5.41) is 0. The number of carbonyl (C=O) groups is 1. The third kappa shape index (κ3) is 3.94. The van der Waals surface area contributed by atoms with Crippen molar-refractivity contribution in [2.45, 2.75) is 33.6 Å². The molecule has 0 atom stereocenters. The van der Waals surface area contributed by atoms with E-state index >= 15 is 0 Å². The minimum Gasteiger partial charge on any atom is -0.466 e. The number of rotatable bonds is 5. The zero-order valence-electron chi connectivity index (χ0n) is 13.3. The second-order valence-corrected chi connectivity index (χ2v) is 5.42. The van der Waals surface area contributed by atoms with Crippen molar-refractivity contribution >= 4 is 5.97 Å². The highest BCUT2D eigenvalue weighted by atomic mass is 19.1. The molecule has 0 radical (unpaired) electrons. The molecule has 0 aliphatic rings. The lowest BCUT2D eigenvalue weighted by Crippen LogP contribution is -2.05. The largest absolute Gasteiger partial charge is 0.466 e. The molecule has 2 aromatic rings. The number of hydrogen-bond donors (Lipinski definition) is 0. The Morgan fingerprint density at radius 3 is 2.45 bits per heavy atom. The van der Waals surface area contributed by atoms with Crippen molar-refractivity contribution < 1.29 is 13.9 Å². The Hall–Kier alpha value is -2.16. The average Bonchev–Trinajstić information content (AvgIpc) is 2.45. The maximum atomic E-state index is 13.4. The summed E-state index contributed by atoms with van der Waals surface area (Å²) in [6.07, 6.45) is 1.02. The predicted molar refractivity (Wildman–Crippen MR) is 86.3 cm³/mol. The fraction of sp³-hybridized carbons (Fsp3) is 0.316. The van der Waals surface area contributed by atoms with Crippen LogP contribution in [0.2, 0.25) is 0 Å². The monoisotopic (exact) mass is 300 g/mol. The molecule has 0 bridgehead atoms. The lowest BCUT2D eigenvalue weighted by Gasteiger charge is -2.12. The summed E-state index contributed by atoms with van der Waals surface area (Å²) in [5.74, 6) is -0.390. The van der Waals surface area contributed by atoms with Crippen molar-refractivity contribution in [3.63, 3.8) is 0 Å². The van der Waals surface area contributed by atoms with E-state index in [1.165, 1.54) is 0 Å². The van der Waals surface area contributed by atoms with E-state index in [4.69, 9.17) is 4.74 Å². The van der Waals surface area contributed by atoms with Crippen LogP contribution in [-0.2, 0) is 16.0 Å². The molecule has 2 rings (SSSR count). The first kappa shape index (κ1) is 16.2. The number of hydrogen-bond acceptors (Lipinski definition) is 2. The highest BCUT2D eigenvalue weighted by Crippen LogP contribution is 2.29. The van der Waals surface area contributed by atoms with Crippen LogP contribution in [0.3, 0.4) is 0 Å². The lowest BCUT2D eigenvalue weighted by atomic mass is 9.94. The van der Waals surface area contributed by atoms with E-state index in [0.29, 0.717) is 19.4 Å². The summed E-state index contributed by atoms with van der Waals surface area (Å²) in [7, 11) is 0. The smallest absolute Gasteiger partial charge is 0.306 e. The molecule has 22 heavy (non-hydrogen) atoms. The first-order valence-corrected chi connectivity index (χ1v) is 7.53. The van der Waals surface area contributed by atoms with E-state index in [2.05, 4.69) is 6.07 Å². The molecule has 3 heteroatoms. The predicted octanol–water partition coefficient (Wildman–Crippen LogP) is 4.61. The quantitative estimate of drug-likeness (QED) is 0.754. The van der Waals surface area contributed by atoms with Gasteiger partial charge in [-0.05, 0) is 67.1 Å². The Kier molecular flexibility index (Phi) is 5.31. The van der Waals surface area contributed by atoms with Gasteiger partial charge in [0.1, 0.15) is 5.82 Å². The SMILES string of the molecule is CCOC(=O)CCc1cccc(-c2c(C)cc(F)cc2C)c1. The van der Waals surface area contributed by atoms with Gasteiger partial charge in [-0.15, -0.1) is 0 Å². The van der Waals surface area contributed by atoms with Crippen LogP contribution in [0.15, 0.2) is 36.4 Å². The molecule has 0 spiro atoms. The lowest BCUT2D eigenvalue weighted by molar-refractivity contribution is -0.143. The van der Waals surface area contributed by atoms with E-state index < -0.39 is 0 Å². The minimum absolute atomic E-state index is 0.179.